The van der Waals surface area contributed by atoms with E-state index in [9.17, 15) is 13.2 Å². The predicted molar refractivity (Wildman–Crippen MR) is 105 cm³/mol. The molecule has 8 heteroatoms. The second-order valence-electron chi connectivity index (χ2n) is 7.25. The molecular formula is C19H31N3O4S. The molecule has 2 atom stereocenters. The van der Waals surface area contributed by atoms with Crippen molar-refractivity contribution in [3.05, 3.63) is 29.8 Å². The van der Waals surface area contributed by atoms with Gasteiger partial charge in [0.05, 0.1) is 22.6 Å². The van der Waals surface area contributed by atoms with Crippen LogP contribution in [-0.2, 0) is 14.8 Å². The molecule has 0 saturated carbocycles. The summed E-state index contributed by atoms with van der Waals surface area (Å²) in [5, 5.41) is 2.98. The lowest BCUT2D eigenvalue weighted by atomic mass is 9.92. The van der Waals surface area contributed by atoms with E-state index in [2.05, 4.69) is 5.32 Å². The fourth-order valence-corrected chi connectivity index (χ4v) is 4.99. The van der Waals surface area contributed by atoms with Gasteiger partial charge in [-0.05, 0) is 44.9 Å². The summed E-state index contributed by atoms with van der Waals surface area (Å²) in [6, 6.07) is 6.16. The van der Waals surface area contributed by atoms with Gasteiger partial charge in [-0.15, -0.1) is 0 Å². The lowest BCUT2D eigenvalue weighted by Gasteiger charge is -2.34. The Morgan fingerprint density at radius 1 is 1.26 bits per heavy atom. The highest BCUT2D eigenvalue weighted by Crippen LogP contribution is 2.22. The minimum absolute atomic E-state index is 0.114. The summed E-state index contributed by atoms with van der Waals surface area (Å²) in [6.45, 7) is 8.56. The van der Waals surface area contributed by atoms with Crippen LogP contribution >= 0.6 is 0 Å². The van der Waals surface area contributed by atoms with Crippen molar-refractivity contribution in [3.63, 3.8) is 0 Å². The standard InChI is InChI=1S/C19H31N3O4S/c1-5-19(6-2,13-20)21-18(23)16-8-7-9-17(10-16)27(24,25)22-11-14(3)26-15(4)12-22/h7-10,14-15H,5-6,11-13,20H2,1-4H3,(H,21,23). The number of morpholine rings is 1. The molecule has 1 aromatic carbocycles. The molecule has 1 amide bonds. The quantitative estimate of drug-likeness (QED) is 0.730. The first-order chi connectivity index (χ1) is 12.7. The first-order valence-electron chi connectivity index (χ1n) is 9.45. The molecule has 1 fully saturated rings. The minimum Gasteiger partial charge on any atom is -0.373 e. The van der Waals surface area contributed by atoms with E-state index in [0.717, 1.165) is 0 Å². The van der Waals surface area contributed by atoms with Crippen molar-refractivity contribution in [2.45, 2.75) is 63.2 Å². The first-order valence-corrected chi connectivity index (χ1v) is 10.9. The Kier molecular flexibility index (Phi) is 7.02. The molecule has 0 aliphatic carbocycles. The molecule has 1 heterocycles. The largest absolute Gasteiger partial charge is 0.373 e. The number of ether oxygens (including phenoxy) is 1. The van der Waals surface area contributed by atoms with Gasteiger partial charge in [0.2, 0.25) is 10.0 Å². The van der Waals surface area contributed by atoms with Crippen LogP contribution in [0, 0.1) is 0 Å². The van der Waals surface area contributed by atoms with Crippen molar-refractivity contribution in [2.75, 3.05) is 19.6 Å². The number of nitrogens with zero attached hydrogens (tertiary/aromatic N) is 1. The van der Waals surface area contributed by atoms with E-state index in [0.29, 0.717) is 38.0 Å². The summed E-state index contributed by atoms with van der Waals surface area (Å²) in [7, 11) is -3.70. The number of carbonyl (C=O) groups is 1. The van der Waals surface area contributed by atoms with Crippen molar-refractivity contribution in [1.29, 1.82) is 0 Å². The highest BCUT2D eigenvalue weighted by atomic mass is 32.2. The Balaban J connectivity index is 2.27. The van der Waals surface area contributed by atoms with Gasteiger partial charge in [-0.1, -0.05) is 19.9 Å². The summed E-state index contributed by atoms with van der Waals surface area (Å²) in [6.07, 6.45) is 1.06. The molecule has 0 aromatic heterocycles. The lowest BCUT2D eigenvalue weighted by molar-refractivity contribution is -0.0440. The molecule has 152 valence electrons. The maximum absolute atomic E-state index is 13.0. The van der Waals surface area contributed by atoms with Gasteiger partial charge in [0.25, 0.3) is 5.91 Å². The van der Waals surface area contributed by atoms with Crippen molar-refractivity contribution in [1.82, 2.24) is 9.62 Å². The topological polar surface area (TPSA) is 102 Å². The second-order valence-corrected chi connectivity index (χ2v) is 9.19. The molecular weight excluding hydrogens is 366 g/mol. The van der Waals surface area contributed by atoms with Gasteiger partial charge in [0, 0.05) is 25.2 Å². The maximum atomic E-state index is 13.0. The number of nitrogens with two attached hydrogens (primary N) is 1. The number of nitrogens with one attached hydrogen (secondary N) is 1. The van der Waals surface area contributed by atoms with Crippen LogP contribution in [0.2, 0.25) is 0 Å². The Labute approximate surface area is 162 Å². The third kappa shape index (κ3) is 4.87. The summed E-state index contributed by atoms with van der Waals surface area (Å²) in [4.78, 5) is 12.8. The molecule has 1 aliphatic heterocycles. The van der Waals surface area contributed by atoms with Crippen LogP contribution in [0.15, 0.2) is 29.2 Å². The van der Waals surface area contributed by atoms with Gasteiger partial charge in [-0.3, -0.25) is 4.79 Å². The van der Waals surface area contributed by atoms with E-state index in [1.54, 1.807) is 12.1 Å². The van der Waals surface area contributed by atoms with E-state index >= 15 is 0 Å². The van der Waals surface area contributed by atoms with Crippen molar-refractivity contribution < 1.29 is 17.9 Å². The number of hydrogen-bond acceptors (Lipinski definition) is 5. The van der Waals surface area contributed by atoms with E-state index < -0.39 is 15.6 Å². The SMILES string of the molecule is CCC(CC)(CN)NC(=O)c1cccc(S(=O)(=O)N2CC(C)OC(C)C2)c1. The first kappa shape index (κ1) is 21.8. The third-order valence-electron chi connectivity index (χ3n) is 5.24. The van der Waals surface area contributed by atoms with Crippen LogP contribution in [0.25, 0.3) is 0 Å². The third-order valence-corrected chi connectivity index (χ3v) is 7.07. The lowest BCUT2D eigenvalue weighted by Crippen LogP contribution is -2.52. The normalized spacial score (nSPS) is 21.8. The van der Waals surface area contributed by atoms with Crippen molar-refractivity contribution in [3.8, 4) is 0 Å². The van der Waals surface area contributed by atoms with Gasteiger partial charge in [-0.2, -0.15) is 4.31 Å². The summed E-state index contributed by atoms with van der Waals surface area (Å²) in [5.41, 5.74) is 5.67. The van der Waals surface area contributed by atoms with Crippen LogP contribution in [-0.4, -0.2) is 56.0 Å². The minimum atomic E-state index is -3.70. The van der Waals surface area contributed by atoms with Gasteiger partial charge >= 0.3 is 0 Å². The summed E-state index contributed by atoms with van der Waals surface area (Å²) in [5.74, 6) is -0.315. The second kappa shape index (κ2) is 8.68. The van der Waals surface area contributed by atoms with Gasteiger partial charge in [-0.25, -0.2) is 8.42 Å². The van der Waals surface area contributed by atoms with Crippen molar-refractivity contribution in [2.24, 2.45) is 5.73 Å². The zero-order chi connectivity index (χ0) is 20.2. The van der Waals surface area contributed by atoms with Crippen LogP contribution < -0.4 is 11.1 Å². The fourth-order valence-electron chi connectivity index (χ4n) is 3.35. The molecule has 27 heavy (non-hydrogen) atoms. The van der Waals surface area contributed by atoms with Gasteiger partial charge in [0.15, 0.2) is 0 Å². The molecule has 0 radical (unpaired) electrons. The van der Waals surface area contributed by atoms with E-state index in [-0.39, 0.29) is 23.0 Å². The molecule has 1 aromatic rings. The Morgan fingerprint density at radius 3 is 2.37 bits per heavy atom. The molecule has 7 nitrogen and oxygen atoms in total. The smallest absolute Gasteiger partial charge is 0.251 e. The predicted octanol–water partition coefficient (Wildman–Crippen LogP) is 1.73. The zero-order valence-corrected chi connectivity index (χ0v) is 17.4. The molecule has 2 unspecified atom stereocenters. The highest BCUT2D eigenvalue weighted by Gasteiger charge is 2.33. The Hall–Kier alpha value is -1.48. The number of hydrogen-bond donors (Lipinski definition) is 2. The number of rotatable bonds is 7. The molecule has 0 spiro atoms. The van der Waals surface area contributed by atoms with Crippen LogP contribution in [0.1, 0.15) is 50.9 Å². The van der Waals surface area contributed by atoms with Gasteiger partial charge < -0.3 is 15.8 Å². The molecule has 1 saturated heterocycles. The number of amides is 1. The monoisotopic (exact) mass is 397 g/mol. The molecule has 1 aliphatic rings. The van der Waals surface area contributed by atoms with Crippen LogP contribution in [0.3, 0.4) is 0 Å². The number of benzene rings is 1. The molecule has 3 N–H and O–H groups in total. The van der Waals surface area contributed by atoms with E-state index in [1.807, 2.05) is 27.7 Å². The summed E-state index contributed by atoms with van der Waals surface area (Å²) < 4.78 is 33.1. The Bertz CT molecular complexity index is 744. The average molecular weight is 398 g/mol. The maximum Gasteiger partial charge on any atom is 0.251 e. The number of sulfonamides is 1. The summed E-state index contributed by atoms with van der Waals surface area (Å²) >= 11 is 0. The zero-order valence-electron chi connectivity index (χ0n) is 16.6. The van der Waals surface area contributed by atoms with Crippen LogP contribution in [0.4, 0.5) is 0 Å². The average Bonchev–Trinajstić information content (AvgIpc) is 2.65. The molecule has 2 rings (SSSR count). The van der Waals surface area contributed by atoms with E-state index in [1.165, 1.54) is 16.4 Å². The fraction of sp³-hybridized carbons (Fsp3) is 0.632. The highest BCUT2D eigenvalue weighted by molar-refractivity contribution is 7.89. The Morgan fingerprint density at radius 2 is 1.85 bits per heavy atom. The van der Waals surface area contributed by atoms with Gasteiger partial charge in [0.1, 0.15) is 0 Å². The van der Waals surface area contributed by atoms with E-state index in [4.69, 9.17) is 10.5 Å². The van der Waals surface area contributed by atoms with Crippen molar-refractivity contribution >= 4 is 15.9 Å². The molecule has 0 bridgehead atoms. The van der Waals surface area contributed by atoms with Crippen LogP contribution in [0.5, 0.6) is 0 Å². The number of carbonyl (C=O) groups excluding carboxylic acids is 1.